The first-order chi connectivity index (χ1) is 7.43. The molecule has 0 unspecified atom stereocenters. The van der Waals surface area contributed by atoms with Crippen molar-refractivity contribution in [1.29, 1.82) is 0 Å². The molecule has 0 aromatic heterocycles. The molecule has 0 aliphatic carbocycles. The van der Waals surface area contributed by atoms with Crippen LogP contribution < -0.4 is 0 Å². The predicted octanol–water partition coefficient (Wildman–Crippen LogP) is 5.46. The fourth-order valence-electron chi connectivity index (χ4n) is 1.39. The van der Waals surface area contributed by atoms with E-state index >= 15 is 0 Å². The number of hydrogen-bond donors (Lipinski definition) is 1. The molecule has 0 aromatic carbocycles. The van der Waals surface area contributed by atoms with Gasteiger partial charge >= 0.3 is 0 Å². The van der Waals surface area contributed by atoms with Crippen molar-refractivity contribution >= 4 is 12.6 Å². The molecule has 0 aliphatic heterocycles. The first kappa shape index (κ1) is 15.3. The molecule has 0 spiro atoms. The average molecular weight is 236 g/mol. The van der Waals surface area contributed by atoms with Gasteiger partial charge in [-0.2, -0.15) is 12.6 Å². The van der Waals surface area contributed by atoms with E-state index in [0.717, 1.165) is 6.42 Å². The molecule has 16 heavy (non-hydrogen) atoms. The van der Waals surface area contributed by atoms with Crippen LogP contribution in [0.5, 0.6) is 0 Å². The minimum Gasteiger partial charge on any atom is -0.151 e. The first-order valence-corrected chi connectivity index (χ1v) is 6.28. The van der Waals surface area contributed by atoms with Crippen LogP contribution in [0, 0.1) is 0 Å². The predicted molar refractivity (Wildman–Crippen MR) is 78.9 cm³/mol. The van der Waals surface area contributed by atoms with Crippen molar-refractivity contribution in [1.82, 2.24) is 0 Å². The Balaban J connectivity index is 5.14. The van der Waals surface area contributed by atoms with E-state index in [-0.39, 0.29) is 0 Å². The number of rotatable bonds is 4. The van der Waals surface area contributed by atoms with Crippen LogP contribution >= 0.6 is 12.6 Å². The van der Waals surface area contributed by atoms with Gasteiger partial charge in [-0.05, 0) is 68.7 Å². The minimum atomic E-state index is 1.12. The largest absolute Gasteiger partial charge is 0.151 e. The zero-order valence-corrected chi connectivity index (χ0v) is 12.3. The van der Waals surface area contributed by atoms with E-state index in [4.69, 9.17) is 0 Å². The zero-order valence-electron chi connectivity index (χ0n) is 11.4. The van der Waals surface area contributed by atoms with Gasteiger partial charge in [-0.3, -0.25) is 0 Å². The van der Waals surface area contributed by atoms with Crippen LogP contribution in [-0.2, 0) is 0 Å². The Morgan fingerprint density at radius 3 is 2.00 bits per heavy atom. The number of thiol groups is 1. The van der Waals surface area contributed by atoms with E-state index in [1.807, 2.05) is 6.08 Å². The molecule has 0 bridgehead atoms. The highest BCUT2D eigenvalue weighted by molar-refractivity contribution is 7.83. The SMILES string of the molecule is CC\C(C)=C(C)/C(C)=C/C(C)=C(C)/C=C\S. The molecule has 0 N–H and O–H groups in total. The van der Waals surface area contributed by atoms with Crippen molar-refractivity contribution in [2.75, 3.05) is 0 Å². The van der Waals surface area contributed by atoms with Crippen molar-refractivity contribution in [3.63, 3.8) is 0 Å². The lowest BCUT2D eigenvalue weighted by Crippen LogP contribution is -1.87. The molecule has 0 heterocycles. The molecule has 0 radical (unpaired) electrons. The monoisotopic (exact) mass is 236 g/mol. The Kier molecular flexibility index (Phi) is 7.24. The van der Waals surface area contributed by atoms with Gasteiger partial charge in [0.15, 0.2) is 0 Å². The summed E-state index contributed by atoms with van der Waals surface area (Å²) in [5, 5.41) is 1.78. The summed E-state index contributed by atoms with van der Waals surface area (Å²) in [7, 11) is 0. The Labute approximate surface area is 106 Å². The maximum absolute atomic E-state index is 4.09. The zero-order chi connectivity index (χ0) is 12.7. The highest BCUT2D eigenvalue weighted by Gasteiger charge is 1.98. The van der Waals surface area contributed by atoms with E-state index in [1.54, 1.807) is 5.41 Å². The Hall–Kier alpha value is -0.690. The minimum absolute atomic E-state index is 1.12. The summed E-state index contributed by atoms with van der Waals surface area (Å²) in [5.74, 6) is 0. The topological polar surface area (TPSA) is 0 Å². The first-order valence-electron chi connectivity index (χ1n) is 5.77. The van der Waals surface area contributed by atoms with Crippen molar-refractivity contribution in [3.05, 3.63) is 45.4 Å². The van der Waals surface area contributed by atoms with Crippen molar-refractivity contribution < 1.29 is 0 Å². The van der Waals surface area contributed by atoms with Crippen LogP contribution in [0.1, 0.15) is 48.0 Å². The normalized spacial score (nSPS) is 16.3. The van der Waals surface area contributed by atoms with Gasteiger partial charge in [0, 0.05) is 0 Å². The molecule has 90 valence electrons. The molecule has 0 fully saturated rings. The summed E-state index contributed by atoms with van der Waals surface area (Å²) < 4.78 is 0. The van der Waals surface area contributed by atoms with Gasteiger partial charge in [0.05, 0.1) is 0 Å². The number of hydrogen-bond acceptors (Lipinski definition) is 1. The van der Waals surface area contributed by atoms with Gasteiger partial charge in [0.25, 0.3) is 0 Å². The molecule has 1 heteroatoms. The third kappa shape index (κ3) is 4.89. The van der Waals surface area contributed by atoms with Crippen LogP contribution in [0.15, 0.2) is 45.4 Å². The molecule has 0 saturated heterocycles. The Morgan fingerprint density at radius 1 is 1.00 bits per heavy atom. The molecule has 0 nitrogen and oxygen atoms in total. The summed E-state index contributed by atoms with van der Waals surface area (Å²) >= 11 is 4.09. The lowest BCUT2D eigenvalue weighted by molar-refractivity contribution is 1.05. The van der Waals surface area contributed by atoms with Gasteiger partial charge in [0.2, 0.25) is 0 Å². The maximum atomic E-state index is 4.09. The van der Waals surface area contributed by atoms with Crippen LogP contribution in [0.4, 0.5) is 0 Å². The summed E-state index contributed by atoms with van der Waals surface area (Å²) in [6.45, 7) is 13.0. The second-order valence-corrected chi connectivity index (χ2v) is 4.57. The van der Waals surface area contributed by atoms with Crippen molar-refractivity contribution in [2.24, 2.45) is 0 Å². The van der Waals surface area contributed by atoms with Crippen LogP contribution in [0.3, 0.4) is 0 Å². The summed E-state index contributed by atoms with van der Waals surface area (Å²) in [6, 6.07) is 0. The summed E-state index contributed by atoms with van der Waals surface area (Å²) in [6.07, 6.45) is 5.39. The van der Waals surface area contributed by atoms with E-state index < -0.39 is 0 Å². The van der Waals surface area contributed by atoms with Crippen LogP contribution in [0.2, 0.25) is 0 Å². The van der Waals surface area contributed by atoms with Gasteiger partial charge in [-0.25, -0.2) is 0 Å². The van der Waals surface area contributed by atoms with Gasteiger partial charge in [-0.15, -0.1) is 0 Å². The van der Waals surface area contributed by atoms with Crippen LogP contribution in [0.25, 0.3) is 0 Å². The standard InChI is InChI=1S/C15H24S/c1-7-11(2)15(6)14(5)10-13(4)12(3)8-9-16/h8-10,16H,7H2,1-6H3/b9-8-,13-12+,14-10+,15-11-. The van der Waals surface area contributed by atoms with E-state index in [2.05, 4.69) is 60.2 Å². The highest BCUT2D eigenvalue weighted by Crippen LogP contribution is 2.19. The van der Waals surface area contributed by atoms with Crippen LogP contribution in [-0.4, -0.2) is 0 Å². The Bertz CT molecular complexity index is 352. The highest BCUT2D eigenvalue weighted by atomic mass is 32.1. The number of allylic oxidation sites excluding steroid dienone is 7. The lowest BCUT2D eigenvalue weighted by Gasteiger charge is -2.07. The smallest absolute Gasteiger partial charge is 0.0321 e. The lowest BCUT2D eigenvalue weighted by atomic mass is 9.99. The fraction of sp³-hybridized carbons (Fsp3) is 0.467. The second kappa shape index (κ2) is 7.56. The van der Waals surface area contributed by atoms with Crippen molar-refractivity contribution in [3.8, 4) is 0 Å². The second-order valence-electron chi connectivity index (χ2n) is 4.27. The van der Waals surface area contributed by atoms with Gasteiger partial charge in [0.1, 0.15) is 0 Å². The third-order valence-electron chi connectivity index (χ3n) is 3.14. The quantitative estimate of drug-likeness (QED) is 0.486. The molecular weight excluding hydrogens is 212 g/mol. The van der Waals surface area contributed by atoms with E-state index in [0.29, 0.717) is 0 Å². The van der Waals surface area contributed by atoms with Gasteiger partial charge < -0.3 is 0 Å². The molecule has 0 atom stereocenters. The average Bonchev–Trinajstić information content (AvgIpc) is 2.26. The fourth-order valence-corrected chi connectivity index (χ4v) is 1.62. The molecule has 0 aliphatic rings. The molecule has 0 rings (SSSR count). The van der Waals surface area contributed by atoms with E-state index in [1.165, 1.54) is 27.9 Å². The Morgan fingerprint density at radius 2 is 1.56 bits per heavy atom. The molecular formula is C15H24S. The maximum Gasteiger partial charge on any atom is -0.0321 e. The van der Waals surface area contributed by atoms with Gasteiger partial charge in [-0.1, -0.05) is 24.6 Å². The molecule has 0 amide bonds. The molecule has 0 aromatic rings. The summed E-state index contributed by atoms with van der Waals surface area (Å²) in [4.78, 5) is 0. The van der Waals surface area contributed by atoms with Crippen molar-refractivity contribution in [2.45, 2.75) is 48.0 Å². The third-order valence-corrected chi connectivity index (χ3v) is 3.29. The molecule has 0 saturated carbocycles. The van der Waals surface area contributed by atoms with E-state index in [9.17, 15) is 0 Å². The summed E-state index contributed by atoms with van der Waals surface area (Å²) in [5.41, 5.74) is 6.78.